The van der Waals surface area contributed by atoms with Crippen LogP contribution in [0.25, 0.3) is 0 Å². The molecule has 0 amide bonds. The van der Waals surface area contributed by atoms with Crippen LogP contribution in [0.2, 0.25) is 0 Å². The lowest BCUT2D eigenvalue weighted by Crippen LogP contribution is -1.96. The summed E-state index contributed by atoms with van der Waals surface area (Å²) in [5.41, 5.74) is 0. The minimum Gasteiger partial charge on any atom is -0.478 e. The molecule has 0 fully saturated rings. The fraction of sp³-hybridized carbons (Fsp3) is 0.182. The van der Waals surface area contributed by atoms with Gasteiger partial charge >= 0.3 is 0 Å². The van der Waals surface area contributed by atoms with E-state index in [1.165, 1.54) is 6.33 Å². The van der Waals surface area contributed by atoms with Gasteiger partial charge in [-0.2, -0.15) is 0 Å². The van der Waals surface area contributed by atoms with Crippen molar-refractivity contribution in [2.45, 2.75) is 6.92 Å². The second-order valence-electron chi connectivity index (χ2n) is 3.05. The second-order valence-corrected chi connectivity index (χ2v) is 3.86. The molecular formula is C11H10BrN3O2. The Balaban J connectivity index is 2.12. The zero-order valence-electron chi connectivity index (χ0n) is 9.13. The van der Waals surface area contributed by atoms with Gasteiger partial charge in [0, 0.05) is 0 Å². The van der Waals surface area contributed by atoms with E-state index in [2.05, 4.69) is 30.9 Å². The third-order valence-electron chi connectivity index (χ3n) is 1.83. The Bertz CT molecular complexity index is 490. The van der Waals surface area contributed by atoms with Gasteiger partial charge in [-0.15, -0.1) is 0 Å². The lowest BCUT2D eigenvalue weighted by atomic mass is 10.5. The first-order valence-electron chi connectivity index (χ1n) is 5.02. The molecule has 5 nitrogen and oxygen atoms in total. The van der Waals surface area contributed by atoms with Gasteiger partial charge in [-0.05, 0) is 35.0 Å². The van der Waals surface area contributed by atoms with Crippen LogP contribution in [0, 0.1) is 0 Å². The first-order chi connectivity index (χ1) is 8.28. The fourth-order valence-corrected chi connectivity index (χ4v) is 1.38. The fourth-order valence-electron chi connectivity index (χ4n) is 1.15. The SMILES string of the molecule is CCOc1cc(Oc2ccc(Br)nc2)ncn1. The van der Waals surface area contributed by atoms with E-state index in [1.54, 1.807) is 24.4 Å². The Morgan fingerprint density at radius 3 is 2.71 bits per heavy atom. The normalized spacial score (nSPS) is 10.0. The Kier molecular flexibility index (Phi) is 3.87. The highest BCUT2D eigenvalue weighted by Crippen LogP contribution is 2.21. The quantitative estimate of drug-likeness (QED) is 0.812. The highest BCUT2D eigenvalue weighted by Gasteiger charge is 2.02. The van der Waals surface area contributed by atoms with Crippen LogP contribution < -0.4 is 9.47 Å². The molecule has 6 heteroatoms. The predicted octanol–water partition coefficient (Wildman–Crippen LogP) is 2.83. The van der Waals surface area contributed by atoms with E-state index in [0.29, 0.717) is 24.1 Å². The molecular weight excluding hydrogens is 286 g/mol. The van der Waals surface area contributed by atoms with Crippen molar-refractivity contribution in [2.75, 3.05) is 6.61 Å². The molecule has 2 heterocycles. The summed E-state index contributed by atoms with van der Waals surface area (Å²) in [5, 5.41) is 0. The van der Waals surface area contributed by atoms with Gasteiger partial charge in [-0.1, -0.05) is 0 Å². The average Bonchev–Trinajstić information content (AvgIpc) is 2.33. The van der Waals surface area contributed by atoms with Crippen LogP contribution >= 0.6 is 15.9 Å². The van der Waals surface area contributed by atoms with Crippen molar-refractivity contribution in [3.05, 3.63) is 35.3 Å². The minimum atomic E-state index is 0.424. The van der Waals surface area contributed by atoms with Gasteiger partial charge in [0.15, 0.2) is 0 Å². The molecule has 0 aliphatic heterocycles. The molecule has 2 rings (SSSR count). The summed E-state index contributed by atoms with van der Waals surface area (Å²) < 4.78 is 11.5. The maximum atomic E-state index is 5.51. The monoisotopic (exact) mass is 295 g/mol. The van der Waals surface area contributed by atoms with Crippen molar-refractivity contribution in [3.8, 4) is 17.5 Å². The van der Waals surface area contributed by atoms with Crippen LogP contribution in [0.15, 0.2) is 35.3 Å². The summed E-state index contributed by atoms with van der Waals surface area (Å²) in [7, 11) is 0. The third-order valence-corrected chi connectivity index (χ3v) is 2.30. The third kappa shape index (κ3) is 3.39. The molecule has 0 spiro atoms. The molecule has 17 heavy (non-hydrogen) atoms. The maximum absolute atomic E-state index is 5.51. The molecule has 0 atom stereocenters. The molecule has 0 saturated carbocycles. The Morgan fingerprint density at radius 1 is 1.18 bits per heavy atom. The Morgan fingerprint density at radius 2 is 2.00 bits per heavy atom. The summed E-state index contributed by atoms with van der Waals surface area (Å²) in [6.07, 6.45) is 3.00. The van der Waals surface area contributed by atoms with Gasteiger partial charge < -0.3 is 9.47 Å². The number of rotatable bonds is 4. The molecule has 0 aliphatic carbocycles. The molecule has 0 aromatic carbocycles. The van der Waals surface area contributed by atoms with Crippen molar-refractivity contribution in [3.63, 3.8) is 0 Å². The maximum Gasteiger partial charge on any atom is 0.226 e. The topological polar surface area (TPSA) is 57.1 Å². The molecule has 0 unspecified atom stereocenters. The van der Waals surface area contributed by atoms with Gasteiger partial charge in [-0.3, -0.25) is 0 Å². The number of ether oxygens (including phenoxy) is 2. The van der Waals surface area contributed by atoms with Gasteiger partial charge in [0.25, 0.3) is 0 Å². The standard InChI is InChI=1S/C11H10BrN3O2/c1-2-16-10-5-11(15-7-14-10)17-8-3-4-9(12)13-6-8/h3-7H,2H2,1H3. The molecule has 0 saturated heterocycles. The molecule has 88 valence electrons. The molecule has 0 bridgehead atoms. The van der Waals surface area contributed by atoms with Crippen molar-refractivity contribution in [1.29, 1.82) is 0 Å². The van der Waals surface area contributed by atoms with Crippen LogP contribution in [0.5, 0.6) is 17.5 Å². The molecule has 2 aromatic rings. The zero-order valence-corrected chi connectivity index (χ0v) is 10.7. The molecule has 0 N–H and O–H groups in total. The number of hydrogen-bond donors (Lipinski definition) is 0. The summed E-state index contributed by atoms with van der Waals surface area (Å²) in [6.45, 7) is 2.44. The summed E-state index contributed by atoms with van der Waals surface area (Å²) in [5.74, 6) is 1.52. The van der Waals surface area contributed by atoms with Gasteiger partial charge in [0.2, 0.25) is 11.8 Å². The van der Waals surface area contributed by atoms with Crippen LogP contribution in [0.3, 0.4) is 0 Å². The lowest BCUT2D eigenvalue weighted by Gasteiger charge is -2.05. The van der Waals surface area contributed by atoms with Crippen molar-refractivity contribution in [1.82, 2.24) is 15.0 Å². The molecule has 2 aromatic heterocycles. The largest absolute Gasteiger partial charge is 0.478 e. The van der Waals surface area contributed by atoms with Crippen molar-refractivity contribution < 1.29 is 9.47 Å². The minimum absolute atomic E-state index is 0.424. The summed E-state index contributed by atoms with van der Waals surface area (Å²) >= 11 is 3.25. The summed E-state index contributed by atoms with van der Waals surface area (Å²) in [4.78, 5) is 12.0. The second kappa shape index (κ2) is 5.58. The number of hydrogen-bond acceptors (Lipinski definition) is 5. The van der Waals surface area contributed by atoms with E-state index in [1.807, 2.05) is 6.92 Å². The smallest absolute Gasteiger partial charge is 0.226 e. The van der Waals surface area contributed by atoms with E-state index < -0.39 is 0 Å². The Labute approximate surface area is 107 Å². The first kappa shape index (κ1) is 11.8. The van der Waals surface area contributed by atoms with Gasteiger partial charge in [-0.25, -0.2) is 15.0 Å². The van der Waals surface area contributed by atoms with E-state index in [9.17, 15) is 0 Å². The first-order valence-corrected chi connectivity index (χ1v) is 5.81. The van der Waals surface area contributed by atoms with Gasteiger partial charge in [0.05, 0.1) is 18.9 Å². The molecule has 0 aliphatic rings. The number of halogens is 1. The summed E-state index contributed by atoms with van der Waals surface area (Å²) in [6, 6.07) is 5.21. The van der Waals surface area contributed by atoms with Crippen LogP contribution in [-0.2, 0) is 0 Å². The van der Waals surface area contributed by atoms with Crippen LogP contribution in [0.1, 0.15) is 6.92 Å². The van der Waals surface area contributed by atoms with E-state index >= 15 is 0 Å². The van der Waals surface area contributed by atoms with Gasteiger partial charge in [0.1, 0.15) is 16.7 Å². The average molecular weight is 296 g/mol. The van der Waals surface area contributed by atoms with Crippen molar-refractivity contribution in [2.24, 2.45) is 0 Å². The van der Waals surface area contributed by atoms with Crippen LogP contribution in [-0.4, -0.2) is 21.6 Å². The number of nitrogens with zero attached hydrogens (tertiary/aromatic N) is 3. The number of pyridine rings is 1. The van der Waals surface area contributed by atoms with E-state index in [4.69, 9.17) is 9.47 Å². The van der Waals surface area contributed by atoms with E-state index in [0.717, 1.165) is 4.60 Å². The predicted molar refractivity (Wildman–Crippen MR) is 65.2 cm³/mol. The van der Waals surface area contributed by atoms with Crippen LogP contribution in [0.4, 0.5) is 0 Å². The number of aromatic nitrogens is 3. The van der Waals surface area contributed by atoms with Crippen molar-refractivity contribution >= 4 is 15.9 Å². The zero-order chi connectivity index (χ0) is 12.1. The molecule has 0 radical (unpaired) electrons. The highest BCUT2D eigenvalue weighted by atomic mass is 79.9. The highest BCUT2D eigenvalue weighted by molar-refractivity contribution is 9.10. The van der Waals surface area contributed by atoms with E-state index in [-0.39, 0.29) is 0 Å². The lowest BCUT2D eigenvalue weighted by molar-refractivity contribution is 0.322. The Hall–Kier alpha value is -1.69.